The zero-order chi connectivity index (χ0) is 25.3. The molecule has 2 aliphatic rings. The van der Waals surface area contributed by atoms with Crippen molar-refractivity contribution in [3.8, 4) is 5.75 Å². The number of carbonyl (C=O) groups is 2. The maximum absolute atomic E-state index is 13.0. The first-order valence-electron chi connectivity index (χ1n) is 11.6. The van der Waals surface area contributed by atoms with E-state index in [9.17, 15) is 22.8 Å². The lowest BCUT2D eigenvalue weighted by Gasteiger charge is -2.24. The first-order valence-corrected chi connectivity index (χ1v) is 11.6. The van der Waals surface area contributed by atoms with Crippen molar-refractivity contribution < 1.29 is 27.5 Å². The monoisotopic (exact) mass is 503 g/mol. The van der Waals surface area contributed by atoms with Gasteiger partial charge in [-0.3, -0.25) is 19.4 Å². The number of fused-ring (bicyclic) bond motifs is 2. The molecule has 0 bridgehead atoms. The number of rotatable bonds is 5. The predicted molar refractivity (Wildman–Crippen MR) is 119 cm³/mol. The summed E-state index contributed by atoms with van der Waals surface area (Å²) in [4.78, 5) is 29.2. The molecule has 2 aromatic heterocycles. The average Bonchev–Trinajstić information content (AvgIpc) is 3.44. The lowest BCUT2D eigenvalue weighted by Crippen LogP contribution is -2.36. The van der Waals surface area contributed by atoms with Crippen LogP contribution in [-0.2, 0) is 37.1 Å². The van der Waals surface area contributed by atoms with Crippen LogP contribution in [0.1, 0.15) is 39.6 Å². The van der Waals surface area contributed by atoms with Crippen molar-refractivity contribution in [1.82, 2.24) is 35.0 Å². The van der Waals surface area contributed by atoms with Gasteiger partial charge in [-0.15, -0.1) is 18.3 Å². The number of amides is 2. The zero-order valence-corrected chi connectivity index (χ0v) is 19.3. The minimum atomic E-state index is -4.73. The second-order valence-corrected chi connectivity index (χ2v) is 8.78. The van der Waals surface area contributed by atoms with Crippen LogP contribution in [0.25, 0.3) is 0 Å². The lowest BCUT2D eigenvalue weighted by molar-refractivity contribution is -0.274. The fourth-order valence-corrected chi connectivity index (χ4v) is 4.49. The van der Waals surface area contributed by atoms with Crippen molar-refractivity contribution in [1.29, 1.82) is 0 Å². The molecule has 0 spiro atoms. The van der Waals surface area contributed by atoms with Gasteiger partial charge in [-0.25, -0.2) is 0 Å². The molecule has 0 fully saturated rings. The van der Waals surface area contributed by atoms with Crippen LogP contribution < -0.4 is 4.74 Å². The van der Waals surface area contributed by atoms with Gasteiger partial charge in [0.2, 0.25) is 5.91 Å². The first-order chi connectivity index (χ1) is 17.2. The summed E-state index contributed by atoms with van der Waals surface area (Å²) in [5, 5.41) is 15.2. The number of halogens is 3. The van der Waals surface area contributed by atoms with Crippen molar-refractivity contribution in [3.63, 3.8) is 0 Å². The Morgan fingerprint density at radius 1 is 1.03 bits per heavy atom. The maximum atomic E-state index is 13.0. The van der Waals surface area contributed by atoms with E-state index in [1.165, 1.54) is 24.3 Å². The van der Waals surface area contributed by atoms with Gasteiger partial charge in [-0.1, -0.05) is 17.3 Å². The van der Waals surface area contributed by atoms with E-state index in [0.717, 1.165) is 22.6 Å². The van der Waals surface area contributed by atoms with Crippen LogP contribution in [0.2, 0.25) is 0 Å². The molecule has 2 aliphatic heterocycles. The van der Waals surface area contributed by atoms with Crippen LogP contribution in [0.15, 0.2) is 30.3 Å². The Kier molecular flexibility index (Phi) is 6.37. The molecule has 0 aliphatic carbocycles. The van der Waals surface area contributed by atoms with Crippen LogP contribution in [0.4, 0.5) is 13.2 Å². The minimum absolute atomic E-state index is 0.0376. The summed E-state index contributed by atoms with van der Waals surface area (Å²) in [6, 6.07) is 7.32. The zero-order valence-electron chi connectivity index (χ0n) is 19.3. The number of nitrogens with zero attached hydrogens (tertiary/aromatic N) is 6. The maximum Gasteiger partial charge on any atom is 0.573 e. The van der Waals surface area contributed by atoms with Gasteiger partial charge in [0.25, 0.3) is 5.91 Å². The molecule has 0 saturated heterocycles. The van der Waals surface area contributed by atoms with Gasteiger partial charge < -0.3 is 14.5 Å². The third-order valence-corrected chi connectivity index (χ3v) is 6.40. The van der Waals surface area contributed by atoms with E-state index in [1.807, 2.05) is 0 Å². The summed E-state index contributed by atoms with van der Waals surface area (Å²) in [6.45, 7) is 2.41. The quantitative estimate of drug-likeness (QED) is 0.571. The van der Waals surface area contributed by atoms with Crippen molar-refractivity contribution in [3.05, 3.63) is 58.7 Å². The van der Waals surface area contributed by atoms with Gasteiger partial charge in [0.05, 0.1) is 18.8 Å². The van der Waals surface area contributed by atoms with Gasteiger partial charge in [0, 0.05) is 44.6 Å². The fourth-order valence-electron chi connectivity index (χ4n) is 4.49. The van der Waals surface area contributed by atoms with Gasteiger partial charge >= 0.3 is 6.36 Å². The Morgan fingerprint density at radius 3 is 2.58 bits per heavy atom. The predicted octanol–water partition coefficient (Wildman–Crippen LogP) is 2.12. The van der Waals surface area contributed by atoms with Crippen LogP contribution in [0.3, 0.4) is 0 Å². The molecule has 1 aromatic carbocycles. The Balaban J connectivity index is 1.13. The molecular formula is C23H24F3N7O3. The van der Waals surface area contributed by atoms with E-state index in [2.05, 4.69) is 25.2 Å². The Bertz CT molecular complexity index is 1230. The van der Waals surface area contributed by atoms with E-state index < -0.39 is 6.36 Å². The highest BCUT2D eigenvalue weighted by molar-refractivity contribution is 5.92. The summed E-state index contributed by atoms with van der Waals surface area (Å²) in [5.74, 6) is -0.478. The summed E-state index contributed by atoms with van der Waals surface area (Å²) in [6.07, 6.45) is -2.84. The number of aromatic nitrogens is 5. The fraction of sp³-hybridized carbons (Fsp3) is 0.435. The molecule has 0 unspecified atom stereocenters. The van der Waals surface area contributed by atoms with Gasteiger partial charge in [0.1, 0.15) is 11.4 Å². The van der Waals surface area contributed by atoms with Crippen LogP contribution in [-0.4, -0.2) is 72.8 Å². The molecular weight excluding hydrogens is 479 g/mol. The van der Waals surface area contributed by atoms with E-state index in [1.54, 1.807) is 20.5 Å². The summed E-state index contributed by atoms with van der Waals surface area (Å²) < 4.78 is 42.5. The summed E-state index contributed by atoms with van der Waals surface area (Å²) in [5.41, 5.74) is 3.76. The Labute approximate surface area is 204 Å². The normalized spacial score (nSPS) is 15.8. The van der Waals surface area contributed by atoms with Gasteiger partial charge in [0.15, 0.2) is 5.69 Å². The lowest BCUT2D eigenvalue weighted by atomic mass is 10.1. The molecule has 3 aromatic rings. The molecule has 5 rings (SSSR count). The molecule has 4 heterocycles. The Morgan fingerprint density at radius 2 is 1.81 bits per heavy atom. The molecule has 10 nitrogen and oxygen atoms in total. The topological polar surface area (TPSA) is 109 Å². The second kappa shape index (κ2) is 9.63. The standard InChI is InChI=1S/C23H24F3N7O3/c24-23(25,26)36-17-4-1-15(2-5-17)3-6-21(34)31-9-7-16-13-19(29-33(16)12-11-31)22(35)32-10-8-18-20(14-32)28-30-27-18/h1-2,4-5,13H,3,6-12,14H2,(H,27,28,30). The number of benzene rings is 1. The SMILES string of the molecule is O=C(CCc1ccc(OC(F)(F)F)cc1)N1CCc2cc(C(=O)N3CCc4[nH]nnc4C3)nn2CC1. The summed E-state index contributed by atoms with van der Waals surface area (Å²) in [7, 11) is 0. The van der Waals surface area contributed by atoms with E-state index in [4.69, 9.17) is 0 Å². The van der Waals surface area contributed by atoms with Crippen molar-refractivity contribution in [2.45, 2.75) is 45.1 Å². The molecule has 0 atom stereocenters. The number of H-pyrrole nitrogens is 1. The largest absolute Gasteiger partial charge is 0.573 e. The number of aromatic amines is 1. The molecule has 13 heteroatoms. The van der Waals surface area contributed by atoms with E-state index in [-0.39, 0.29) is 24.0 Å². The third kappa shape index (κ3) is 5.34. The first kappa shape index (κ1) is 23.8. The summed E-state index contributed by atoms with van der Waals surface area (Å²) >= 11 is 0. The minimum Gasteiger partial charge on any atom is -0.406 e. The van der Waals surface area contributed by atoms with Crippen LogP contribution in [0, 0.1) is 0 Å². The number of alkyl halides is 3. The van der Waals surface area contributed by atoms with Gasteiger partial charge in [-0.2, -0.15) is 5.10 Å². The molecule has 0 radical (unpaired) electrons. The van der Waals surface area contributed by atoms with E-state index >= 15 is 0 Å². The number of hydrogen-bond acceptors (Lipinski definition) is 6. The Hall–Kier alpha value is -3.90. The van der Waals surface area contributed by atoms with Crippen molar-refractivity contribution >= 4 is 11.8 Å². The highest BCUT2D eigenvalue weighted by atomic mass is 19.4. The molecule has 0 saturated carbocycles. The molecule has 2 amide bonds. The van der Waals surface area contributed by atoms with Crippen molar-refractivity contribution in [2.75, 3.05) is 19.6 Å². The van der Waals surface area contributed by atoms with E-state index in [0.29, 0.717) is 57.7 Å². The highest BCUT2D eigenvalue weighted by Crippen LogP contribution is 2.23. The number of nitrogens with one attached hydrogen (secondary N) is 1. The van der Waals surface area contributed by atoms with Crippen molar-refractivity contribution in [2.24, 2.45) is 0 Å². The van der Waals surface area contributed by atoms with Crippen LogP contribution in [0.5, 0.6) is 5.75 Å². The average molecular weight is 503 g/mol. The molecule has 36 heavy (non-hydrogen) atoms. The number of aryl methyl sites for hydroxylation is 1. The highest BCUT2D eigenvalue weighted by Gasteiger charge is 2.31. The van der Waals surface area contributed by atoms with Gasteiger partial charge in [-0.05, 0) is 30.2 Å². The number of hydrogen-bond donors (Lipinski definition) is 1. The molecule has 190 valence electrons. The van der Waals surface area contributed by atoms with Crippen LogP contribution >= 0.6 is 0 Å². The second-order valence-electron chi connectivity index (χ2n) is 8.78. The number of carbonyl (C=O) groups excluding carboxylic acids is 2. The smallest absolute Gasteiger partial charge is 0.406 e. The third-order valence-electron chi connectivity index (χ3n) is 6.40. The molecule has 1 N–H and O–H groups in total. The number of ether oxygens (including phenoxy) is 1.